The quantitative estimate of drug-likeness (QED) is 0.345. The van der Waals surface area contributed by atoms with Crippen molar-refractivity contribution in [3.8, 4) is 17.2 Å². The van der Waals surface area contributed by atoms with E-state index in [0.717, 1.165) is 5.56 Å². The van der Waals surface area contributed by atoms with E-state index in [9.17, 15) is 4.79 Å². The first kappa shape index (κ1) is 19.3. The molecule has 4 heteroatoms. The van der Waals surface area contributed by atoms with E-state index in [1.165, 1.54) is 6.08 Å². The van der Waals surface area contributed by atoms with Crippen LogP contribution < -0.4 is 14.2 Å². The van der Waals surface area contributed by atoms with Crippen molar-refractivity contribution in [2.24, 2.45) is 0 Å². The summed E-state index contributed by atoms with van der Waals surface area (Å²) in [4.78, 5) is 12.5. The Morgan fingerprint density at radius 2 is 1.58 bits per heavy atom. The predicted octanol–water partition coefficient (Wildman–Crippen LogP) is 4.94. The number of ether oxygens (including phenoxy) is 3. The van der Waals surface area contributed by atoms with Crippen molar-refractivity contribution in [3.05, 3.63) is 72.3 Å². The van der Waals surface area contributed by atoms with E-state index in [1.807, 2.05) is 32.0 Å². The van der Waals surface area contributed by atoms with Gasteiger partial charge in [-0.2, -0.15) is 0 Å². The van der Waals surface area contributed by atoms with Crippen LogP contribution in [0.3, 0.4) is 0 Å². The molecule has 0 amide bonds. The van der Waals surface area contributed by atoms with E-state index < -0.39 is 0 Å². The van der Waals surface area contributed by atoms with Gasteiger partial charge in [0.15, 0.2) is 5.78 Å². The summed E-state index contributed by atoms with van der Waals surface area (Å²) in [7, 11) is 0. The summed E-state index contributed by atoms with van der Waals surface area (Å²) in [5.41, 5.74) is 1.34. The van der Waals surface area contributed by atoms with Crippen LogP contribution in [-0.4, -0.2) is 25.6 Å². The van der Waals surface area contributed by atoms with Crippen molar-refractivity contribution >= 4 is 11.9 Å². The molecule has 0 aliphatic carbocycles. The van der Waals surface area contributed by atoms with Crippen molar-refractivity contribution in [3.63, 3.8) is 0 Å². The molecule has 136 valence electrons. The van der Waals surface area contributed by atoms with Crippen molar-refractivity contribution in [2.75, 3.05) is 19.8 Å². The maximum Gasteiger partial charge on any atom is 0.185 e. The first-order valence-electron chi connectivity index (χ1n) is 8.64. The highest BCUT2D eigenvalue weighted by atomic mass is 16.5. The molecule has 0 bridgehead atoms. The second-order valence-corrected chi connectivity index (χ2v) is 5.36. The molecule has 4 nitrogen and oxygen atoms in total. The third-order valence-electron chi connectivity index (χ3n) is 3.53. The van der Waals surface area contributed by atoms with E-state index >= 15 is 0 Å². The van der Waals surface area contributed by atoms with E-state index in [-0.39, 0.29) is 5.78 Å². The van der Waals surface area contributed by atoms with Crippen molar-refractivity contribution in [1.82, 2.24) is 0 Å². The zero-order chi connectivity index (χ0) is 18.8. The van der Waals surface area contributed by atoms with Crippen LogP contribution in [0.4, 0.5) is 0 Å². The van der Waals surface area contributed by atoms with E-state index in [0.29, 0.717) is 42.6 Å². The molecule has 0 heterocycles. The number of hydrogen-bond donors (Lipinski definition) is 0. The lowest BCUT2D eigenvalue weighted by Crippen LogP contribution is -2.00. The number of carbonyl (C=O) groups is 1. The Morgan fingerprint density at radius 3 is 2.12 bits per heavy atom. The van der Waals surface area contributed by atoms with E-state index in [2.05, 4.69) is 6.58 Å². The molecule has 0 N–H and O–H groups in total. The highest BCUT2D eigenvalue weighted by molar-refractivity contribution is 6.07. The topological polar surface area (TPSA) is 44.8 Å². The second-order valence-electron chi connectivity index (χ2n) is 5.36. The summed E-state index contributed by atoms with van der Waals surface area (Å²) in [5.74, 6) is 1.98. The largest absolute Gasteiger partial charge is 0.493 e. The minimum absolute atomic E-state index is 0.103. The minimum Gasteiger partial charge on any atom is -0.493 e. The fourth-order valence-electron chi connectivity index (χ4n) is 2.38. The molecule has 2 aromatic rings. The molecule has 0 unspecified atom stereocenters. The van der Waals surface area contributed by atoms with Crippen molar-refractivity contribution < 1.29 is 19.0 Å². The van der Waals surface area contributed by atoms with Gasteiger partial charge < -0.3 is 14.2 Å². The van der Waals surface area contributed by atoms with Crippen LogP contribution in [0.15, 0.2) is 61.2 Å². The zero-order valence-electron chi connectivity index (χ0n) is 15.2. The molecule has 2 aromatic carbocycles. The lowest BCUT2D eigenvalue weighted by Gasteiger charge is -2.12. The van der Waals surface area contributed by atoms with Crippen LogP contribution in [0, 0.1) is 0 Å². The summed E-state index contributed by atoms with van der Waals surface area (Å²) in [6.07, 6.45) is 4.94. The molecule has 0 saturated carbocycles. The SMILES string of the molecule is C=CCOc1ccc(C(=O)C=Cc2c(OCC)cccc2OCC)cc1. The molecule has 0 fully saturated rings. The number of allylic oxidation sites excluding steroid dienone is 1. The van der Waals surface area contributed by atoms with Crippen LogP contribution in [0.1, 0.15) is 29.8 Å². The van der Waals surface area contributed by atoms with Gasteiger partial charge in [-0.15, -0.1) is 0 Å². The van der Waals surface area contributed by atoms with Crippen molar-refractivity contribution in [2.45, 2.75) is 13.8 Å². The molecule has 0 spiro atoms. The molecule has 0 atom stereocenters. The van der Waals surface area contributed by atoms with Gasteiger partial charge in [0.2, 0.25) is 0 Å². The first-order chi connectivity index (χ1) is 12.7. The minimum atomic E-state index is -0.103. The highest BCUT2D eigenvalue weighted by Crippen LogP contribution is 2.30. The summed E-state index contributed by atoms with van der Waals surface area (Å²) in [6.45, 7) is 8.95. The smallest absolute Gasteiger partial charge is 0.185 e. The average molecular weight is 352 g/mol. The summed E-state index contributed by atoms with van der Waals surface area (Å²) >= 11 is 0. The standard InChI is InChI=1S/C22H24O4/c1-4-16-26-18-12-10-17(11-13-18)20(23)15-14-19-21(24-5-2)8-7-9-22(19)25-6-3/h4,7-15H,1,5-6,16H2,2-3H3. The van der Waals surface area contributed by atoms with Gasteiger partial charge in [0, 0.05) is 5.56 Å². The first-order valence-corrected chi connectivity index (χ1v) is 8.64. The second kappa shape index (κ2) is 10.1. The fourth-order valence-corrected chi connectivity index (χ4v) is 2.38. The molecule has 0 aromatic heterocycles. The monoisotopic (exact) mass is 352 g/mol. The maximum absolute atomic E-state index is 12.5. The molecule has 0 radical (unpaired) electrons. The van der Waals surface area contributed by atoms with E-state index in [4.69, 9.17) is 14.2 Å². The third-order valence-corrected chi connectivity index (χ3v) is 3.53. The molecule has 26 heavy (non-hydrogen) atoms. The molecule has 0 aliphatic heterocycles. The Hall–Kier alpha value is -3.01. The Kier molecular flexibility index (Phi) is 7.49. The van der Waals surface area contributed by atoms with E-state index in [1.54, 1.807) is 36.4 Å². The Balaban J connectivity index is 2.20. The van der Waals surface area contributed by atoms with Gasteiger partial charge in [-0.1, -0.05) is 18.7 Å². The van der Waals surface area contributed by atoms with Gasteiger partial charge in [-0.05, 0) is 62.4 Å². The summed E-state index contributed by atoms with van der Waals surface area (Å²) in [6, 6.07) is 12.6. The van der Waals surface area contributed by atoms with Crippen LogP contribution in [0.25, 0.3) is 6.08 Å². The normalized spacial score (nSPS) is 10.5. The predicted molar refractivity (Wildman–Crippen MR) is 104 cm³/mol. The number of ketones is 1. The molecule has 0 aliphatic rings. The van der Waals surface area contributed by atoms with Gasteiger partial charge >= 0.3 is 0 Å². The molecule has 2 rings (SSSR count). The van der Waals surface area contributed by atoms with Gasteiger partial charge in [-0.25, -0.2) is 0 Å². The lowest BCUT2D eigenvalue weighted by molar-refractivity contribution is 0.104. The Bertz CT molecular complexity index is 736. The Morgan fingerprint density at radius 1 is 0.962 bits per heavy atom. The third kappa shape index (κ3) is 5.24. The molecular weight excluding hydrogens is 328 g/mol. The number of hydrogen-bond acceptors (Lipinski definition) is 4. The number of rotatable bonds is 10. The number of carbonyl (C=O) groups excluding carboxylic acids is 1. The van der Waals surface area contributed by atoms with Gasteiger partial charge in [0.05, 0.1) is 18.8 Å². The fraction of sp³-hybridized carbons (Fsp3) is 0.227. The van der Waals surface area contributed by atoms with Gasteiger partial charge in [0.25, 0.3) is 0 Å². The summed E-state index contributed by atoms with van der Waals surface area (Å²) in [5, 5.41) is 0. The van der Waals surface area contributed by atoms with Crippen molar-refractivity contribution in [1.29, 1.82) is 0 Å². The van der Waals surface area contributed by atoms with Gasteiger partial charge in [0.1, 0.15) is 23.9 Å². The van der Waals surface area contributed by atoms with Crippen LogP contribution >= 0.6 is 0 Å². The number of benzene rings is 2. The maximum atomic E-state index is 12.5. The summed E-state index contributed by atoms with van der Waals surface area (Å²) < 4.78 is 16.7. The van der Waals surface area contributed by atoms with Crippen LogP contribution in [-0.2, 0) is 0 Å². The van der Waals surface area contributed by atoms with Gasteiger partial charge in [-0.3, -0.25) is 4.79 Å². The zero-order valence-corrected chi connectivity index (χ0v) is 15.2. The molecular formula is C22H24O4. The molecule has 0 saturated heterocycles. The lowest BCUT2D eigenvalue weighted by atomic mass is 10.1. The Labute approximate surface area is 154 Å². The average Bonchev–Trinajstić information content (AvgIpc) is 2.66. The van der Waals surface area contributed by atoms with Crippen LogP contribution in [0.5, 0.6) is 17.2 Å². The highest BCUT2D eigenvalue weighted by Gasteiger charge is 2.09. The van der Waals surface area contributed by atoms with Crippen LogP contribution in [0.2, 0.25) is 0 Å².